The van der Waals surface area contributed by atoms with Crippen LogP contribution in [0.15, 0.2) is 16.6 Å². The number of likely N-dealkylation sites (tertiary alicyclic amines) is 1. The Morgan fingerprint density at radius 3 is 2.65 bits per heavy atom. The lowest BCUT2D eigenvalue weighted by Gasteiger charge is -2.22. The van der Waals surface area contributed by atoms with Gasteiger partial charge >= 0.3 is 0 Å². The summed E-state index contributed by atoms with van der Waals surface area (Å²) in [4.78, 5) is 7.41. The molecule has 2 fully saturated rings. The van der Waals surface area contributed by atoms with E-state index in [1.807, 2.05) is 0 Å². The third kappa shape index (κ3) is 5.34. The van der Waals surface area contributed by atoms with Crippen molar-refractivity contribution in [2.45, 2.75) is 45.4 Å². The molecule has 0 aromatic rings. The lowest BCUT2D eigenvalue weighted by atomic mass is 9.82. The Hall–Kier alpha value is -0.300. The Morgan fingerprint density at radius 2 is 2.04 bits per heavy atom. The number of aliphatic imine (C=N–C) groups is 1. The van der Waals surface area contributed by atoms with Gasteiger partial charge in [-0.1, -0.05) is 24.5 Å². The lowest BCUT2D eigenvalue weighted by molar-refractivity contribution is 0.153. The number of hydrogen-bond acceptors (Lipinski definition) is 2. The molecule has 1 N–H and O–H groups in total. The molecule has 2 heterocycles. The van der Waals surface area contributed by atoms with Gasteiger partial charge in [-0.2, -0.15) is 0 Å². The molecule has 0 aromatic carbocycles. The number of ether oxygens (including phenoxy) is 1. The van der Waals surface area contributed by atoms with Crippen LogP contribution >= 0.6 is 24.0 Å². The van der Waals surface area contributed by atoms with Crippen molar-refractivity contribution in [1.82, 2.24) is 10.2 Å². The van der Waals surface area contributed by atoms with Gasteiger partial charge in [0.25, 0.3) is 0 Å². The van der Waals surface area contributed by atoms with Gasteiger partial charge in [-0.15, -0.1) is 24.0 Å². The first-order valence-electron chi connectivity index (χ1n) is 9.15. The van der Waals surface area contributed by atoms with Gasteiger partial charge in [-0.3, -0.25) is 4.99 Å². The lowest BCUT2D eigenvalue weighted by Crippen LogP contribution is -2.40. The molecule has 0 aromatic heterocycles. The van der Waals surface area contributed by atoms with Crippen molar-refractivity contribution in [3.05, 3.63) is 11.6 Å². The Morgan fingerprint density at radius 1 is 1.30 bits per heavy atom. The summed E-state index contributed by atoms with van der Waals surface area (Å²) in [6.45, 7) is 8.13. The Bertz CT molecular complexity index is 410. The van der Waals surface area contributed by atoms with Crippen molar-refractivity contribution >= 4 is 29.9 Å². The Kier molecular flexibility index (Phi) is 8.16. The third-order valence-electron chi connectivity index (χ3n) is 5.36. The largest absolute Gasteiger partial charge is 0.377 e. The van der Waals surface area contributed by atoms with Gasteiger partial charge in [-0.05, 0) is 44.4 Å². The zero-order valence-electron chi connectivity index (χ0n) is 14.4. The number of hydrogen-bond donors (Lipinski definition) is 1. The van der Waals surface area contributed by atoms with Gasteiger partial charge < -0.3 is 15.0 Å². The summed E-state index contributed by atoms with van der Waals surface area (Å²) < 4.78 is 5.37. The van der Waals surface area contributed by atoms with E-state index in [4.69, 9.17) is 9.73 Å². The van der Waals surface area contributed by atoms with Crippen molar-refractivity contribution in [3.63, 3.8) is 0 Å². The fourth-order valence-electron chi connectivity index (χ4n) is 4.10. The summed E-state index contributed by atoms with van der Waals surface area (Å²) in [5.41, 5.74) is 1.51. The molecular weight excluding hydrogens is 401 g/mol. The molecule has 0 spiro atoms. The number of nitrogens with one attached hydrogen (secondary N) is 1. The number of guanidine groups is 1. The second kappa shape index (κ2) is 9.87. The van der Waals surface area contributed by atoms with Crippen LogP contribution in [0.25, 0.3) is 0 Å². The summed E-state index contributed by atoms with van der Waals surface area (Å²) in [6.07, 6.45) is 10.1. The quantitative estimate of drug-likeness (QED) is 0.320. The maximum atomic E-state index is 5.37. The molecule has 1 saturated heterocycles. The summed E-state index contributed by atoms with van der Waals surface area (Å²) in [5, 5.41) is 3.50. The summed E-state index contributed by atoms with van der Waals surface area (Å²) >= 11 is 0. The van der Waals surface area contributed by atoms with Crippen LogP contribution in [0.4, 0.5) is 0 Å². The number of fused-ring (bicyclic) bond motifs is 1. The van der Waals surface area contributed by atoms with E-state index in [1.54, 1.807) is 0 Å². The molecule has 1 saturated carbocycles. The minimum Gasteiger partial charge on any atom is -0.377 e. The Balaban J connectivity index is 0.00000192. The minimum absolute atomic E-state index is 0. The summed E-state index contributed by atoms with van der Waals surface area (Å²) in [6, 6.07) is 0. The van der Waals surface area contributed by atoms with E-state index in [0.29, 0.717) is 0 Å². The first-order valence-corrected chi connectivity index (χ1v) is 9.15. The maximum absolute atomic E-state index is 5.37. The van der Waals surface area contributed by atoms with E-state index in [2.05, 4.69) is 23.2 Å². The molecule has 3 rings (SSSR count). The minimum atomic E-state index is 0. The summed E-state index contributed by atoms with van der Waals surface area (Å²) in [5.74, 6) is 2.97. The predicted molar refractivity (Wildman–Crippen MR) is 107 cm³/mol. The fraction of sp³-hybridized carbons (Fsp3) is 0.833. The predicted octanol–water partition coefficient (Wildman–Crippen LogP) is 3.43. The van der Waals surface area contributed by atoms with Crippen molar-refractivity contribution in [2.24, 2.45) is 16.8 Å². The van der Waals surface area contributed by atoms with E-state index in [1.165, 1.54) is 44.3 Å². The highest BCUT2D eigenvalue weighted by atomic mass is 127. The first-order chi connectivity index (χ1) is 10.9. The van der Waals surface area contributed by atoms with E-state index >= 15 is 0 Å². The van der Waals surface area contributed by atoms with E-state index < -0.39 is 0 Å². The standard InChI is InChI=1S/C18H31N3O.HI/c1-2-19-18(20-10-7-15-8-11-22-12-9-15)21-13-16-5-3-4-6-17(16)14-21;/h8,16-17H,2-7,9-14H2,1H3,(H,19,20);1H. The first kappa shape index (κ1) is 19.0. The van der Waals surface area contributed by atoms with E-state index in [-0.39, 0.29) is 24.0 Å². The van der Waals surface area contributed by atoms with Crippen LogP contribution in [0.5, 0.6) is 0 Å². The second-order valence-corrected chi connectivity index (χ2v) is 6.88. The molecule has 0 bridgehead atoms. The monoisotopic (exact) mass is 433 g/mol. The highest BCUT2D eigenvalue weighted by Gasteiger charge is 2.35. The van der Waals surface area contributed by atoms with Gasteiger partial charge in [-0.25, -0.2) is 0 Å². The zero-order chi connectivity index (χ0) is 15.2. The molecule has 5 heteroatoms. The van der Waals surface area contributed by atoms with Crippen LogP contribution in [-0.2, 0) is 4.74 Å². The molecule has 132 valence electrons. The van der Waals surface area contributed by atoms with Crippen molar-refractivity contribution in [1.29, 1.82) is 0 Å². The number of rotatable bonds is 4. The average molecular weight is 433 g/mol. The topological polar surface area (TPSA) is 36.9 Å². The maximum Gasteiger partial charge on any atom is 0.193 e. The van der Waals surface area contributed by atoms with Crippen LogP contribution in [0.2, 0.25) is 0 Å². The van der Waals surface area contributed by atoms with Gasteiger partial charge in [0, 0.05) is 26.2 Å². The normalized spacial score (nSPS) is 28.0. The van der Waals surface area contributed by atoms with Crippen LogP contribution < -0.4 is 5.32 Å². The fourth-order valence-corrected chi connectivity index (χ4v) is 4.10. The molecule has 2 unspecified atom stereocenters. The molecule has 23 heavy (non-hydrogen) atoms. The van der Waals surface area contributed by atoms with Gasteiger partial charge in [0.05, 0.1) is 13.2 Å². The zero-order valence-corrected chi connectivity index (χ0v) is 16.8. The number of halogens is 1. The average Bonchev–Trinajstić information content (AvgIpc) is 2.99. The highest BCUT2D eigenvalue weighted by molar-refractivity contribution is 14.0. The van der Waals surface area contributed by atoms with Crippen LogP contribution in [-0.4, -0.2) is 50.3 Å². The number of nitrogens with zero attached hydrogens (tertiary/aromatic N) is 2. The van der Waals surface area contributed by atoms with Crippen molar-refractivity contribution < 1.29 is 4.74 Å². The van der Waals surface area contributed by atoms with Gasteiger partial charge in [0.15, 0.2) is 5.96 Å². The van der Waals surface area contributed by atoms with Crippen molar-refractivity contribution in [2.75, 3.05) is 39.4 Å². The molecule has 1 aliphatic carbocycles. The van der Waals surface area contributed by atoms with Crippen molar-refractivity contribution in [3.8, 4) is 0 Å². The van der Waals surface area contributed by atoms with E-state index in [0.717, 1.165) is 56.9 Å². The molecule has 3 aliphatic rings. The third-order valence-corrected chi connectivity index (χ3v) is 5.36. The second-order valence-electron chi connectivity index (χ2n) is 6.88. The molecule has 0 amide bonds. The molecule has 4 nitrogen and oxygen atoms in total. The smallest absolute Gasteiger partial charge is 0.193 e. The SMILES string of the molecule is CCNC(=NCCC1=CCOCC1)N1CC2CCCCC2C1.I. The Labute approximate surface area is 158 Å². The molecule has 0 radical (unpaired) electrons. The van der Waals surface area contributed by atoms with Crippen LogP contribution in [0, 0.1) is 11.8 Å². The molecule has 2 atom stereocenters. The van der Waals surface area contributed by atoms with Crippen LogP contribution in [0.3, 0.4) is 0 Å². The van der Waals surface area contributed by atoms with Gasteiger partial charge in [0.1, 0.15) is 0 Å². The van der Waals surface area contributed by atoms with Crippen LogP contribution in [0.1, 0.15) is 45.4 Å². The highest BCUT2D eigenvalue weighted by Crippen LogP contribution is 2.35. The molecular formula is C18H32IN3O. The van der Waals surface area contributed by atoms with E-state index in [9.17, 15) is 0 Å². The van der Waals surface area contributed by atoms with Gasteiger partial charge in [0.2, 0.25) is 0 Å². The summed E-state index contributed by atoms with van der Waals surface area (Å²) in [7, 11) is 0. The molecule has 2 aliphatic heterocycles.